The van der Waals surface area contributed by atoms with Crippen molar-refractivity contribution in [3.05, 3.63) is 54.1 Å². The molecule has 0 radical (unpaired) electrons. The Kier molecular flexibility index (Phi) is 5.30. The fourth-order valence-electron chi connectivity index (χ4n) is 2.51. The number of nitrogens with two attached hydrogens (primary N) is 1. The van der Waals surface area contributed by atoms with Crippen molar-refractivity contribution in [1.82, 2.24) is 5.32 Å². The first kappa shape index (κ1) is 16.3. The minimum absolute atomic E-state index is 0.0652. The SMILES string of the molecule is Nc1cccc(OCC(=O)Nc2ccc(C3CNCCO3)cc2)c1. The molecule has 1 fully saturated rings. The molecule has 1 amide bonds. The van der Waals surface area contributed by atoms with Crippen LogP contribution in [-0.2, 0) is 9.53 Å². The van der Waals surface area contributed by atoms with Gasteiger partial charge in [-0.25, -0.2) is 0 Å². The largest absolute Gasteiger partial charge is 0.484 e. The third-order valence-corrected chi connectivity index (χ3v) is 3.72. The summed E-state index contributed by atoms with van der Waals surface area (Å²) >= 11 is 0. The van der Waals surface area contributed by atoms with Gasteiger partial charge >= 0.3 is 0 Å². The van der Waals surface area contributed by atoms with Crippen LogP contribution in [0.1, 0.15) is 11.7 Å². The lowest BCUT2D eigenvalue weighted by atomic mass is 10.1. The summed E-state index contributed by atoms with van der Waals surface area (Å²) in [5.74, 6) is 0.350. The number of rotatable bonds is 5. The van der Waals surface area contributed by atoms with Gasteiger partial charge in [0.05, 0.1) is 12.7 Å². The monoisotopic (exact) mass is 327 g/mol. The molecule has 2 aromatic rings. The van der Waals surface area contributed by atoms with E-state index >= 15 is 0 Å². The average Bonchev–Trinajstić information content (AvgIpc) is 2.61. The van der Waals surface area contributed by atoms with Crippen LogP contribution in [0.5, 0.6) is 5.75 Å². The Morgan fingerprint density at radius 3 is 2.83 bits per heavy atom. The Balaban J connectivity index is 1.50. The standard InChI is InChI=1S/C18H21N3O3/c19-14-2-1-3-16(10-14)24-12-18(22)21-15-6-4-13(5-7-15)17-11-20-8-9-23-17/h1-7,10,17,20H,8-9,11-12,19H2,(H,21,22). The molecule has 3 rings (SSSR count). The average molecular weight is 327 g/mol. The zero-order valence-electron chi connectivity index (χ0n) is 13.3. The first-order valence-electron chi connectivity index (χ1n) is 7.91. The highest BCUT2D eigenvalue weighted by molar-refractivity contribution is 5.91. The topological polar surface area (TPSA) is 85.6 Å². The quantitative estimate of drug-likeness (QED) is 0.731. The predicted molar refractivity (Wildman–Crippen MR) is 93.0 cm³/mol. The van der Waals surface area contributed by atoms with Crippen LogP contribution in [0.15, 0.2) is 48.5 Å². The molecule has 0 bridgehead atoms. The van der Waals surface area contributed by atoms with E-state index in [0.717, 1.165) is 24.3 Å². The Morgan fingerprint density at radius 1 is 1.29 bits per heavy atom. The number of nitrogens with one attached hydrogen (secondary N) is 2. The van der Waals surface area contributed by atoms with E-state index in [2.05, 4.69) is 10.6 Å². The summed E-state index contributed by atoms with van der Waals surface area (Å²) in [7, 11) is 0. The van der Waals surface area contributed by atoms with Crippen LogP contribution in [-0.4, -0.2) is 32.2 Å². The molecule has 126 valence electrons. The summed E-state index contributed by atoms with van der Waals surface area (Å²) in [4.78, 5) is 12.0. The third kappa shape index (κ3) is 4.47. The fraction of sp³-hybridized carbons (Fsp3) is 0.278. The van der Waals surface area contributed by atoms with Gasteiger partial charge in [-0.1, -0.05) is 18.2 Å². The van der Waals surface area contributed by atoms with Crippen LogP contribution in [0.4, 0.5) is 11.4 Å². The lowest BCUT2D eigenvalue weighted by Crippen LogP contribution is -2.33. The number of carbonyl (C=O) groups excluding carboxylic acids is 1. The van der Waals surface area contributed by atoms with Crippen LogP contribution < -0.4 is 21.1 Å². The smallest absolute Gasteiger partial charge is 0.262 e. The number of benzene rings is 2. The zero-order chi connectivity index (χ0) is 16.8. The van der Waals surface area contributed by atoms with Crippen LogP contribution >= 0.6 is 0 Å². The number of ether oxygens (including phenoxy) is 2. The minimum Gasteiger partial charge on any atom is -0.484 e. The number of hydrogen-bond donors (Lipinski definition) is 3. The van der Waals surface area contributed by atoms with Crippen molar-refractivity contribution in [2.45, 2.75) is 6.10 Å². The molecule has 1 atom stereocenters. The molecular weight excluding hydrogens is 306 g/mol. The van der Waals surface area contributed by atoms with Crippen LogP contribution in [0.2, 0.25) is 0 Å². The van der Waals surface area contributed by atoms with Gasteiger partial charge in [0.1, 0.15) is 5.75 Å². The lowest BCUT2D eigenvalue weighted by Gasteiger charge is -2.24. The second kappa shape index (κ2) is 7.81. The van der Waals surface area contributed by atoms with E-state index in [1.807, 2.05) is 24.3 Å². The molecule has 1 unspecified atom stereocenters. The number of carbonyl (C=O) groups is 1. The minimum atomic E-state index is -0.222. The van der Waals surface area contributed by atoms with Gasteiger partial charge in [-0.15, -0.1) is 0 Å². The maximum absolute atomic E-state index is 12.0. The van der Waals surface area contributed by atoms with Crippen LogP contribution in [0.25, 0.3) is 0 Å². The van der Waals surface area contributed by atoms with Crippen molar-refractivity contribution >= 4 is 17.3 Å². The maximum atomic E-state index is 12.0. The summed E-state index contributed by atoms with van der Waals surface area (Å²) in [6.07, 6.45) is 0.0652. The van der Waals surface area contributed by atoms with Crippen molar-refractivity contribution < 1.29 is 14.3 Å². The second-order valence-corrected chi connectivity index (χ2v) is 5.59. The first-order chi connectivity index (χ1) is 11.7. The number of morpholine rings is 1. The summed E-state index contributed by atoms with van der Waals surface area (Å²) in [6, 6.07) is 14.6. The zero-order valence-corrected chi connectivity index (χ0v) is 13.3. The Hall–Kier alpha value is -2.57. The van der Waals surface area contributed by atoms with E-state index in [4.69, 9.17) is 15.2 Å². The molecule has 1 heterocycles. The van der Waals surface area contributed by atoms with Crippen LogP contribution in [0.3, 0.4) is 0 Å². The molecule has 1 saturated heterocycles. The van der Waals surface area contributed by atoms with E-state index in [1.54, 1.807) is 24.3 Å². The highest BCUT2D eigenvalue weighted by Crippen LogP contribution is 2.20. The molecule has 0 aliphatic carbocycles. The van der Waals surface area contributed by atoms with Gasteiger partial charge in [-0.3, -0.25) is 4.79 Å². The molecule has 1 aliphatic heterocycles. The molecule has 0 saturated carbocycles. The van der Waals surface area contributed by atoms with E-state index < -0.39 is 0 Å². The summed E-state index contributed by atoms with van der Waals surface area (Å²) in [6.45, 7) is 2.34. The van der Waals surface area contributed by atoms with Gasteiger partial charge in [-0.05, 0) is 29.8 Å². The van der Waals surface area contributed by atoms with Crippen molar-refractivity contribution in [3.8, 4) is 5.75 Å². The Bertz CT molecular complexity index is 682. The molecule has 2 aromatic carbocycles. The summed E-state index contributed by atoms with van der Waals surface area (Å²) < 4.78 is 11.1. The van der Waals surface area contributed by atoms with Gasteiger partial charge in [0.2, 0.25) is 0 Å². The first-order valence-corrected chi connectivity index (χ1v) is 7.91. The molecule has 6 heteroatoms. The van der Waals surface area contributed by atoms with Crippen molar-refractivity contribution in [2.75, 3.05) is 37.4 Å². The highest BCUT2D eigenvalue weighted by Gasteiger charge is 2.15. The Morgan fingerprint density at radius 2 is 2.12 bits per heavy atom. The van der Waals surface area contributed by atoms with E-state index in [-0.39, 0.29) is 18.6 Å². The Labute approximate surface area is 141 Å². The van der Waals surface area contributed by atoms with E-state index in [0.29, 0.717) is 18.0 Å². The number of amides is 1. The van der Waals surface area contributed by atoms with Gasteiger partial charge in [0.15, 0.2) is 6.61 Å². The van der Waals surface area contributed by atoms with Crippen molar-refractivity contribution in [3.63, 3.8) is 0 Å². The highest BCUT2D eigenvalue weighted by atomic mass is 16.5. The molecule has 0 spiro atoms. The molecule has 4 N–H and O–H groups in total. The normalized spacial score (nSPS) is 17.2. The number of hydrogen-bond acceptors (Lipinski definition) is 5. The van der Waals surface area contributed by atoms with Gasteiger partial charge in [0.25, 0.3) is 5.91 Å². The van der Waals surface area contributed by atoms with E-state index in [1.165, 1.54) is 0 Å². The van der Waals surface area contributed by atoms with Crippen LogP contribution in [0, 0.1) is 0 Å². The van der Waals surface area contributed by atoms with Crippen molar-refractivity contribution in [1.29, 1.82) is 0 Å². The molecule has 1 aliphatic rings. The lowest BCUT2D eigenvalue weighted by molar-refractivity contribution is -0.118. The predicted octanol–water partition coefficient (Wildman–Crippen LogP) is 1.95. The fourth-order valence-corrected chi connectivity index (χ4v) is 2.51. The van der Waals surface area contributed by atoms with Gasteiger partial charge < -0.3 is 25.8 Å². The van der Waals surface area contributed by atoms with Crippen molar-refractivity contribution in [2.24, 2.45) is 0 Å². The molecular formula is C18H21N3O3. The number of anilines is 2. The third-order valence-electron chi connectivity index (χ3n) is 3.72. The second-order valence-electron chi connectivity index (χ2n) is 5.59. The van der Waals surface area contributed by atoms with E-state index in [9.17, 15) is 4.79 Å². The maximum Gasteiger partial charge on any atom is 0.262 e. The summed E-state index contributed by atoms with van der Waals surface area (Å²) in [5, 5.41) is 6.10. The summed E-state index contributed by atoms with van der Waals surface area (Å²) in [5.41, 5.74) is 8.09. The van der Waals surface area contributed by atoms with Gasteiger partial charge in [-0.2, -0.15) is 0 Å². The molecule has 24 heavy (non-hydrogen) atoms. The molecule has 6 nitrogen and oxygen atoms in total. The van der Waals surface area contributed by atoms with Gasteiger partial charge in [0, 0.05) is 30.5 Å². The molecule has 0 aromatic heterocycles. The number of nitrogen functional groups attached to an aromatic ring is 1.